The van der Waals surface area contributed by atoms with E-state index in [9.17, 15) is 0 Å². The molecule has 1 heterocycles. The summed E-state index contributed by atoms with van der Waals surface area (Å²) in [6.45, 7) is 3.76. The molecule has 0 aromatic carbocycles. The summed E-state index contributed by atoms with van der Waals surface area (Å²) in [6.07, 6.45) is 6.34. The molecule has 1 atom stereocenters. The molecule has 1 aliphatic heterocycles. The van der Waals surface area contributed by atoms with Gasteiger partial charge in [0.25, 0.3) is 0 Å². The Morgan fingerprint density at radius 2 is 2.25 bits per heavy atom. The van der Waals surface area contributed by atoms with Crippen molar-refractivity contribution >= 4 is 0 Å². The summed E-state index contributed by atoms with van der Waals surface area (Å²) in [5.41, 5.74) is 1.37. The van der Waals surface area contributed by atoms with Crippen LogP contribution in [0, 0.1) is 0 Å². The van der Waals surface area contributed by atoms with E-state index in [2.05, 4.69) is 13.0 Å². The van der Waals surface area contributed by atoms with Gasteiger partial charge < -0.3 is 9.47 Å². The Kier molecular flexibility index (Phi) is 2.17. The van der Waals surface area contributed by atoms with E-state index >= 15 is 0 Å². The SMILES string of the molecule is CC1=CC=C2OCCCOC2C1. The lowest BCUT2D eigenvalue weighted by atomic mass is 10.0. The number of ether oxygens (including phenoxy) is 2. The van der Waals surface area contributed by atoms with Crippen molar-refractivity contribution < 1.29 is 9.47 Å². The van der Waals surface area contributed by atoms with Gasteiger partial charge in [-0.3, -0.25) is 0 Å². The third-order valence-corrected chi connectivity index (χ3v) is 2.23. The summed E-state index contributed by atoms with van der Waals surface area (Å²) < 4.78 is 11.2. The average molecular weight is 166 g/mol. The molecule has 0 aromatic rings. The molecule has 0 N–H and O–H groups in total. The van der Waals surface area contributed by atoms with Crippen molar-refractivity contribution in [2.45, 2.75) is 25.9 Å². The highest BCUT2D eigenvalue weighted by molar-refractivity contribution is 5.23. The Bertz CT molecular complexity index is 228. The van der Waals surface area contributed by atoms with Crippen molar-refractivity contribution in [3.8, 4) is 0 Å². The van der Waals surface area contributed by atoms with Gasteiger partial charge in [0.05, 0.1) is 13.2 Å². The van der Waals surface area contributed by atoms with Gasteiger partial charge in [0.15, 0.2) is 0 Å². The smallest absolute Gasteiger partial charge is 0.125 e. The Labute approximate surface area is 72.9 Å². The lowest BCUT2D eigenvalue weighted by Gasteiger charge is -2.20. The molecule has 1 fully saturated rings. The highest BCUT2D eigenvalue weighted by Crippen LogP contribution is 2.24. The van der Waals surface area contributed by atoms with E-state index in [4.69, 9.17) is 9.47 Å². The summed E-state index contributed by atoms with van der Waals surface area (Å²) >= 11 is 0. The minimum absolute atomic E-state index is 0.192. The van der Waals surface area contributed by atoms with E-state index in [1.807, 2.05) is 6.08 Å². The van der Waals surface area contributed by atoms with Gasteiger partial charge in [0, 0.05) is 12.8 Å². The first kappa shape index (κ1) is 7.87. The van der Waals surface area contributed by atoms with Gasteiger partial charge >= 0.3 is 0 Å². The van der Waals surface area contributed by atoms with Crippen LogP contribution in [0.5, 0.6) is 0 Å². The molecule has 12 heavy (non-hydrogen) atoms. The molecule has 1 unspecified atom stereocenters. The third kappa shape index (κ3) is 1.53. The average Bonchev–Trinajstić information content (AvgIpc) is 2.28. The van der Waals surface area contributed by atoms with Crippen molar-refractivity contribution in [2.24, 2.45) is 0 Å². The first-order valence-corrected chi connectivity index (χ1v) is 4.48. The van der Waals surface area contributed by atoms with E-state index in [0.29, 0.717) is 0 Å². The van der Waals surface area contributed by atoms with Crippen LogP contribution < -0.4 is 0 Å². The van der Waals surface area contributed by atoms with E-state index in [0.717, 1.165) is 31.8 Å². The molecule has 2 heteroatoms. The fraction of sp³-hybridized carbons (Fsp3) is 0.600. The zero-order valence-corrected chi connectivity index (χ0v) is 7.38. The highest BCUT2D eigenvalue weighted by Gasteiger charge is 2.21. The first-order chi connectivity index (χ1) is 5.86. The van der Waals surface area contributed by atoms with Crippen LogP contribution in [0.15, 0.2) is 23.5 Å². The minimum Gasteiger partial charge on any atom is -0.495 e. The Morgan fingerprint density at radius 1 is 1.33 bits per heavy atom. The van der Waals surface area contributed by atoms with Gasteiger partial charge in [0.1, 0.15) is 11.9 Å². The molecule has 2 nitrogen and oxygen atoms in total. The molecule has 0 bridgehead atoms. The van der Waals surface area contributed by atoms with E-state index in [-0.39, 0.29) is 6.10 Å². The highest BCUT2D eigenvalue weighted by atomic mass is 16.5. The second-order valence-corrected chi connectivity index (χ2v) is 3.35. The van der Waals surface area contributed by atoms with E-state index in [1.165, 1.54) is 5.57 Å². The number of allylic oxidation sites excluding steroid dienone is 2. The second-order valence-electron chi connectivity index (χ2n) is 3.35. The van der Waals surface area contributed by atoms with E-state index < -0.39 is 0 Å². The van der Waals surface area contributed by atoms with E-state index in [1.54, 1.807) is 0 Å². The third-order valence-electron chi connectivity index (χ3n) is 2.23. The number of hydrogen-bond donors (Lipinski definition) is 0. The van der Waals surface area contributed by atoms with Gasteiger partial charge in [-0.2, -0.15) is 0 Å². The fourth-order valence-electron chi connectivity index (χ4n) is 1.55. The number of fused-ring (bicyclic) bond motifs is 1. The molecule has 2 rings (SSSR count). The van der Waals surface area contributed by atoms with Gasteiger partial charge in [0.2, 0.25) is 0 Å². The predicted molar refractivity (Wildman–Crippen MR) is 46.8 cm³/mol. The summed E-state index contributed by atoms with van der Waals surface area (Å²) in [6, 6.07) is 0. The lowest BCUT2D eigenvalue weighted by molar-refractivity contribution is 0.0673. The van der Waals surface area contributed by atoms with Crippen molar-refractivity contribution in [2.75, 3.05) is 13.2 Å². The van der Waals surface area contributed by atoms with Crippen LogP contribution in [0.3, 0.4) is 0 Å². The van der Waals surface area contributed by atoms with Crippen molar-refractivity contribution in [1.82, 2.24) is 0 Å². The summed E-state index contributed by atoms with van der Waals surface area (Å²) in [5, 5.41) is 0. The van der Waals surface area contributed by atoms with Gasteiger partial charge in [-0.15, -0.1) is 0 Å². The number of rotatable bonds is 0. The Morgan fingerprint density at radius 3 is 3.17 bits per heavy atom. The van der Waals surface area contributed by atoms with Crippen LogP contribution in [-0.4, -0.2) is 19.3 Å². The molecule has 0 aromatic heterocycles. The van der Waals surface area contributed by atoms with Crippen LogP contribution in [-0.2, 0) is 9.47 Å². The summed E-state index contributed by atoms with van der Waals surface area (Å²) in [7, 11) is 0. The molecule has 0 amide bonds. The Balaban J connectivity index is 2.14. The summed E-state index contributed by atoms with van der Waals surface area (Å²) in [5.74, 6) is 1.01. The molecule has 1 aliphatic carbocycles. The van der Waals surface area contributed by atoms with Crippen LogP contribution in [0.25, 0.3) is 0 Å². The van der Waals surface area contributed by atoms with Crippen molar-refractivity contribution in [3.63, 3.8) is 0 Å². The standard InChI is InChI=1S/C10H14O2/c1-8-3-4-9-10(7-8)12-6-2-5-11-9/h3-4,10H,2,5-7H2,1H3. The molecule has 0 radical (unpaired) electrons. The Hall–Kier alpha value is -0.760. The number of hydrogen-bond acceptors (Lipinski definition) is 2. The van der Waals surface area contributed by atoms with Crippen LogP contribution in [0.4, 0.5) is 0 Å². The van der Waals surface area contributed by atoms with Crippen molar-refractivity contribution in [3.05, 3.63) is 23.5 Å². The first-order valence-electron chi connectivity index (χ1n) is 4.48. The molecular weight excluding hydrogens is 152 g/mol. The van der Waals surface area contributed by atoms with Crippen LogP contribution in [0.2, 0.25) is 0 Å². The quantitative estimate of drug-likeness (QED) is 0.548. The zero-order chi connectivity index (χ0) is 8.39. The van der Waals surface area contributed by atoms with Crippen LogP contribution >= 0.6 is 0 Å². The molecule has 0 saturated carbocycles. The van der Waals surface area contributed by atoms with Gasteiger partial charge in [-0.25, -0.2) is 0 Å². The molecular formula is C10H14O2. The molecule has 66 valence electrons. The molecule has 1 saturated heterocycles. The second kappa shape index (κ2) is 3.31. The predicted octanol–water partition coefficient (Wildman–Crippen LogP) is 2.03. The molecule has 0 spiro atoms. The fourth-order valence-corrected chi connectivity index (χ4v) is 1.55. The maximum absolute atomic E-state index is 5.64. The maximum Gasteiger partial charge on any atom is 0.125 e. The van der Waals surface area contributed by atoms with Crippen molar-refractivity contribution in [1.29, 1.82) is 0 Å². The molecule has 2 aliphatic rings. The summed E-state index contributed by atoms with van der Waals surface area (Å²) in [4.78, 5) is 0. The lowest BCUT2D eigenvalue weighted by Crippen LogP contribution is -2.18. The van der Waals surface area contributed by atoms with Crippen LogP contribution in [0.1, 0.15) is 19.8 Å². The minimum atomic E-state index is 0.192. The monoisotopic (exact) mass is 166 g/mol. The zero-order valence-electron chi connectivity index (χ0n) is 7.38. The van der Waals surface area contributed by atoms with Gasteiger partial charge in [-0.1, -0.05) is 11.6 Å². The largest absolute Gasteiger partial charge is 0.495 e. The maximum atomic E-state index is 5.64. The van der Waals surface area contributed by atoms with Gasteiger partial charge in [-0.05, 0) is 13.0 Å². The topological polar surface area (TPSA) is 18.5 Å². The normalized spacial score (nSPS) is 29.2.